The zero-order valence-electron chi connectivity index (χ0n) is 20.1. The first-order valence-corrected chi connectivity index (χ1v) is 14.9. The van der Waals surface area contributed by atoms with Crippen LogP contribution in [0.3, 0.4) is 0 Å². The van der Waals surface area contributed by atoms with Gasteiger partial charge in [0.2, 0.25) is 5.91 Å². The van der Waals surface area contributed by atoms with Crippen molar-refractivity contribution in [2.45, 2.75) is 36.5 Å². The van der Waals surface area contributed by atoms with Crippen LogP contribution in [-0.2, 0) is 14.6 Å². The molecule has 35 heavy (non-hydrogen) atoms. The number of fused-ring (bicyclic) bond motifs is 1. The first-order chi connectivity index (χ1) is 16.2. The molecule has 0 aliphatic carbocycles. The van der Waals surface area contributed by atoms with Gasteiger partial charge in [-0.3, -0.25) is 9.69 Å². The summed E-state index contributed by atoms with van der Waals surface area (Å²) in [6.45, 7) is 7.12. The molecule has 0 atom stereocenters. The van der Waals surface area contributed by atoms with Crippen molar-refractivity contribution in [3.8, 4) is 0 Å². The van der Waals surface area contributed by atoms with Crippen molar-refractivity contribution in [2.75, 3.05) is 43.1 Å². The molecule has 0 aliphatic heterocycles. The van der Waals surface area contributed by atoms with Crippen molar-refractivity contribution in [2.24, 2.45) is 0 Å². The van der Waals surface area contributed by atoms with Gasteiger partial charge in [-0.1, -0.05) is 31.3 Å². The normalized spacial score (nSPS) is 11.6. The number of aromatic nitrogens is 1. The van der Waals surface area contributed by atoms with Crippen molar-refractivity contribution in [3.05, 3.63) is 48.3 Å². The number of thioether (sulfide) groups is 1. The second kappa shape index (κ2) is 13.5. The van der Waals surface area contributed by atoms with Gasteiger partial charge in [0.05, 0.1) is 9.60 Å². The largest absolute Gasteiger partial charge is 0.302 e. The number of likely N-dealkylation sites (N-methyl/N-ethyl adjacent to an activating group) is 1. The number of para-hydroxylation sites is 1. The molecule has 1 heterocycles. The number of thiazole rings is 1. The van der Waals surface area contributed by atoms with E-state index in [1.807, 2.05) is 6.07 Å². The average Bonchev–Trinajstić information content (AvgIpc) is 3.23. The monoisotopic (exact) mass is 559 g/mol. The molecule has 3 aromatic rings. The van der Waals surface area contributed by atoms with Crippen LogP contribution in [0.2, 0.25) is 0 Å². The first-order valence-electron chi connectivity index (χ1n) is 11.2. The highest BCUT2D eigenvalue weighted by Crippen LogP contribution is 2.33. The fourth-order valence-electron chi connectivity index (χ4n) is 3.51. The SMILES string of the molecule is CCN(CC)CCN(C(=O)CCCSc1ccc(F)cc1)c1nc2c(S(C)(=O)=O)cccc2s1.Cl. The third-order valence-corrected chi connectivity index (χ3v) is 8.72. The maximum Gasteiger partial charge on any atom is 0.228 e. The molecule has 6 nitrogen and oxygen atoms in total. The number of benzene rings is 2. The predicted octanol–water partition coefficient (Wildman–Crippen LogP) is 5.51. The third-order valence-electron chi connectivity index (χ3n) is 5.45. The van der Waals surface area contributed by atoms with Gasteiger partial charge in [-0.25, -0.2) is 17.8 Å². The summed E-state index contributed by atoms with van der Waals surface area (Å²) in [6.07, 6.45) is 2.19. The zero-order chi connectivity index (χ0) is 24.7. The summed E-state index contributed by atoms with van der Waals surface area (Å²) < 4.78 is 38.3. The van der Waals surface area contributed by atoms with Crippen LogP contribution in [0, 0.1) is 5.82 Å². The maximum atomic E-state index is 13.2. The lowest BCUT2D eigenvalue weighted by molar-refractivity contribution is -0.118. The van der Waals surface area contributed by atoms with Gasteiger partial charge in [-0.05, 0) is 61.7 Å². The van der Waals surface area contributed by atoms with E-state index >= 15 is 0 Å². The van der Waals surface area contributed by atoms with Gasteiger partial charge in [0.15, 0.2) is 15.0 Å². The van der Waals surface area contributed by atoms with E-state index in [1.54, 1.807) is 40.9 Å². The number of hydrogen-bond acceptors (Lipinski definition) is 7. The van der Waals surface area contributed by atoms with Gasteiger partial charge in [-0.2, -0.15) is 0 Å². The molecule has 0 bridgehead atoms. The summed E-state index contributed by atoms with van der Waals surface area (Å²) in [7, 11) is -3.44. The van der Waals surface area contributed by atoms with Gasteiger partial charge >= 0.3 is 0 Å². The number of amides is 1. The van der Waals surface area contributed by atoms with Gasteiger partial charge in [0.1, 0.15) is 11.3 Å². The Labute approximate surface area is 221 Å². The van der Waals surface area contributed by atoms with E-state index in [-0.39, 0.29) is 29.0 Å². The van der Waals surface area contributed by atoms with Gasteiger partial charge in [0, 0.05) is 30.7 Å². The minimum Gasteiger partial charge on any atom is -0.302 e. The molecule has 0 saturated carbocycles. The van der Waals surface area contributed by atoms with Gasteiger partial charge < -0.3 is 4.90 Å². The lowest BCUT2D eigenvalue weighted by Crippen LogP contribution is -2.38. The van der Waals surface area contributed by atoms with E-state index in [4.69, 9.17) is 0 Å². The molecule has 1 aromatic heterocycles. The summed E-state index contributed by atoms with van der Waals surface area (Å²) >= 11 is 2.93. The van der Waals surface area contributed by atoms with Crippen molar-refractivity contribution in [1.82, 2.24) is 9.88 Å². The van der Waals surface area contributed by atoms with E-state index in [0.29, 0.717) is 36.6 Å². The van der Waals surface area contributed by atoms with E-state index in [0.717, 1.165) is 28.4 Å². The second-order valence-corrected chi connectivity index (χ2v) is 12.0. The molecular formula is C24H31ClFN3O3S3. The smallest absolute Gasteiger partial charge is 0.228 e. The molecule has 0 unspecified atom stereocenters. The number of nitrogens with zero attached hydrogens (tertiary/aromatic N) is 3. The van der Waals surface area contributed by atoms with E-state index in [9.17, 15) is 17.6 Å². The standard InChI is InChI=1S/C24H30FN3O3S3.ClH/c1-4-27(5-2)15-16-28(22(29)10-7-17-32-19-13-11-18(25)12-14-19)24-26-23-20(33-24)8-6-9-21(23)34(3,30)31;/h6,8-9,11-14H,4-5,7,10,15-17H2,1-3H3;1H. The van der Waals surface area contributed by atoms with E-state index in [2.05, 4.69) is 23.7 Å². The Morgan fingerprint density at radius 2 is 1.77 bits per heavy atom. The number of halogens is 2. The summed E-state index contributed by atoms with van der Waals surface area (Å²) in [6, 6.07) is 11.4. The van der Waals surface area contributed by atoms with Gasteiger partial charge in [0.25, 0.3) is 0 Å². The van der Waals surface area contributed by atoms with Crippen molar-refractivity contribution >= 4 is 66.6 Å². The Balaban J connectivity index is 0.00000432. The quantitative estimate of drug-likeness (QED) is 0.215. The molecule has 0 radical (unpaired) electrons. The fourth-order valence-corrected chi connectivity index (χ4v) is 6.30. The van der Waals surface area contributed by atoms with Crippen LogP contribution in [0.4, 0.5) is 9.52 Å². The highest BCUT2D eigenvalue weighted by Gasteiger charge is 2.22. The molecule has 1 amide bonds. The molecule has 11 heteroatoms. The zero-order valence-corrected chi connectivity index (χ0v) is 23.3. The van der Waals surface area contributed by atoms with E-state index < -0.39 is 9.84 Å². The van der Waals surface area contributed by atoms with Crippen molar-refractivity contribution < 1.29 is 17.6 Å². The minimum atomic E-state index is -3.44. The Kier molecular flexibility index (Phi) is 11.4. The summed E-state index contributed by atoms with van der Waals surface area (Å²) in [5.74, 6) is 0.435. The highest BCUT2D eigenvalue weighted by molar-refractivity contribution is 7.99. The number of sulfone groups is 1. The Morgan fingerprint density at radius 1 is 1.09 bits per heavy atom. The fraction of sp³-hybridized carbons (Fsp3) is 0.417. The van der Waals surface area contributed by atoms with Crippen LogP contribution in [0.15, 0.2) is 52.3 Å². The molecule has 3 rings (SSSR count). The van der Waals surface area contributed by atoms with Crippen LogP contribution in [-0.4, -0.2) is 62.4 Å². The topological polar surface area (TPSA) is 70.6 Å². The Hall–Kier alpha value is -1.72. The Morgan fingerprint density at radius 3 is 2.40 bits per heavy atom. The third kappa shape index (κ3) is 8.15. The summed E-state index contributed by atoms with van der Waals surface area (Å²) in [5.41, 5.74) is 0.414. The highest BCUT2D eigenvalue weighted by atomic mass is 35.5. The van der Waals surface area contributed by atoms with Crippen LogP contribution in [0.5, 0.6) is 0 Å². The lowest BCUT2D eigenvalue weighted by Gasteiger charge is -2.24. The van der Waals surface area contributed by atoms with Crippen molar-refractivity contribution in [3.63, 3.8) is 0 Å². The van der Waals surface area contributed by atoms with Crippen molar-refractivity contribution in [1.29, 1.82) is 0 Å². The molecule has 0 N–H and O–H groups in total. The molecule has 0 spiro atoms. The Bertz CT molecular complexity index is 1220. The molecule has 192 valence electrons. The minimum absolute atomic E-state index is 0. The van der Waals surface area contributed by atoms with Gasteiger partial charge in [-0.15, -0.1) is 24.2 Å². The maximum absolute atomic E-state index is 13.2. The number of rotatable bonds is 12. The number of carbonyl (C=O) groups is 1. The lowest BCUT2D eigenvalue weighted by atomic mass is 10.3. The molecular weight excluding hydrogens is 529 g/mol. The summed E-state index contributed by atoms with van der Waals surface area (Å²) in [4.78, 5) is 22.9. The van der Waals surface area contributed by atoms with Crippen LogP contribution in [0.1, 0.15) is 26.7 Å². The van der Waals surface area contributed by atoms with Crippen LogP contribution < -0.4 is 4.90 Å². The molecule has 0 fully saturated rings. The molecule has 2 aromatic carbocycles. The number of anilines is 1. The first kappa shape index (κ1) is 29.5. The molecule has 0 saturated heterocycles. The predicted molar refractivity (Wildman–Crippen MR) is 146 cm³/mol. The summed E-state index contributed by atoms with van der Waals surface area (Å²) in [5, 5.41) is 0.523. The van der Waals surface area contributed by atoms with Crippen LogP contribution in [0.25, 0.3) is 10.2 Å². The average molecular weight is 560 g/mol. The van der Waals surface area contributed by atoms with Crippen LogP contribution >= 0.6 is 35.5 Å². The number of carbonyl (C=O) groups excluding carboxylic acids is 1. The number of hydrogen-bond donors (Lipinski definition) is 0. The molecule has 0 aliphatic rings. The van der Waals surface area contributed by atoms with E-state index in [1.165, 1.54) is 29.7 Å². The second-order valence-electron chi connectivity index (χ2n) is 7.85.